The average molecular weight is 453 g/mol. The van der Waals surface area contributed by atoms with Gasteiger partial charge in [-0.25, -0.2) is 0 Å². The second-order valence-electron chi connectivity index (χ2n) is 10.0. The van der Waals surface area contributed by atoms with Gasteiger partial charge in [-0.2, -0.15) is 0 Å². The number of carbonyl (C=O) groups is 1. The second kappa shape index (κ2) is 9.20. The summed E-state index contributed by atoms with van der Waals surface area (Å²) in [6, 6.07) is 16.0. The van der Waals surface area contributed by atoms with Crippen LogP contribution in [0.2, 0.25) is 0 Å². The standard InChI is InChI=1S/C27H36N2O4/c1-7-18-10-8-9-11-21(18)23-14-19-12-13-20(15-22(19)32-23)31-17-25(2,3)33-24(30)27(6,16-28)26(4,5)29/h8-15H,7,16-17,28-29H2,1-6H3. The third-order valence-corrected chi connectivity index (χ3v) is 6.39. The molecular formula is C27H36N2O4. The molecule has 1 heterocycles. The van der Waals surface area contributed by atoms with E-state index in [4.69, 9.17) is 25.4 Å². The maximum atomic E-state index is 12.9. The highest BCUT2D eigenvalue weighted by molar-refractivity contribution is 5.84. The number of nitrogens with two attached hydrogens (primary N) is 2. The van der Waals surface area contributed by atoms with E-state index in [-0.39, 0.29) is 13.2 Å². The Kier molecular flexibility index (Phi) is 6.91. The molecule has 4 N–H and O–H groups in total. The van der Waals surface area contributed by atoms with Crippen molar-refractivity contribution in [3.8, 4) is 17.1 Å². The minimum atomic E-state index is -1.01. The molecule has 0 aliphatic carbocycles. The molecule has 0 bridgehead atoms. The second-order valence-corrected chi connectivity index (χ2v) is 10.0. The monoisotopic (exact) mass is 452 g/mol. The van der Waals surface area contributed by atoms with E-state index < -0.39 is 22.5 Å². The fraction of sp³-hybridized carbons (Fsp3) is 0.444. The lowest BCUT2D eigenvalue weighted by atomic mass is 9.73. The first-order chi connectivity index (χ1) is 15.4. The quantitative estimate of drug-likeness (QED) is 0.440. The molecule has 0 fully saturated rings. The van der Waals surface area contributed by atoms with Crippen LogP contribution in [0.1, 0.15) is 47.1 Å². The molecule has 0 spiro atoms. The summed E-state index contributed by atoms with van der Waals surface area (Å²) in [7, 11) is 0. The SMILES string of the molecule is CCc1ccccc1-c1cc2ccc(OCC(C)(C)OC(=O)C(C)(CN)C(C)(C)N)cc2o1. The summed E-state index contributed by atoms with van der Waals surface area (Å²) in [6.07, 6.45) is 0.930. The summed E-state index contributed by atoms with van der Waals surface area (Å²) < 4.78 is 17.9. The minimum absolute atomic E-state index is 0.0882. The van der Waals surface area contributed by atoms with E-state index in [0.29, 0.717) is 5.75 Å². The molecule has 33 heavy (non-hydrogen) atoms. The topological polar surface area (TPSA) is 101 Å². The molecule has 0 saturated heterocycles. The van der Waals surface area contributed by atoms with Gasteiger partial charge in [-0.3, -0.25) is 4.79 Å². The van der Waals surface area contributed by atoms with Gasteiger partial charge >= 0.3 is 5.97 Å². The third kappa shape index (κ3) is 5.23. The number of aryl methyl sites for hydroxylation is 1. The first-order valence-corrected chi connectivity index (χ1v) is 11.4. The first kappa shape index (κ1) is 24.8. The van der Waals surface area contributed by atoms with E-state index in [1.807, 2.05) is 36.4 Å². The number of carbonyl (C=O) groups excluding carboxylic acids is 1. The van der Waals surface area contributed by atoms with E-state index in [1.165, 1.54) is 5.56 Å². The van der Waals surface area contributed by atoms with E-state index in [9.17, 15) is 4.79 Å². The van der Waals surface area contributed by atoms with Crippen LogP contribution in [0.25, 0.3) is 22.3 Å². The van der Waals surface area contributed by atoms with Crippen molar-refractivity contribution in [3.05, 3.63) is 54.1 Å². The predicted octanol–water partition coefficient (Wildman–Crippen LogP) is 5.07. The van der Waals surface area contributed by atoms with Crippen LogP contribution in [-0.2, 0) is 16.0 Å². The van der Waals surface area contributed by atoms with Crippen molar-refractivity contribution < 1.29 is 18.7 Å². The summed E-state index contributed by atoms with van der Waals surface area (Å²) in [4.78, 5) is 12.9. The number of furan rings is 1. The molecule has 1 atom stereocenters. The molecule has 3 rings (SSSR count). The van der Waals surface area contributed by atoms with E-state index in [2.05, 4.69) is 19.1 Å². The molecule has 178 valence electrons. The largest absolute Gasteiger partial charge is 0.489 e. The highest BCUT2D eigenvalue weighted by Crippen LogP contribution is 2.33. The number of benzene rings is 2. The fourth-order valence-corrected chi connectivity index (χ4v) is 3.56. The Balaban J connectivity index is 1.74. The normalized spacial score (nSPS) is 14.2. The average Bonchev–Trinajstić information content (AvgIpc) is 3.19. The molecule has 0 aliphatic heterocycles. The predicted molar refractivity (Wildman–Crippen MR) is 132 cm³/mol. The Morgan fingerprint density at radius 1 is 1.03 bits per heavy atom. The van der Waals surface area contributed by atoms with Crippen LogP contribution in [0.4, 0.5) is 0 Å². The molecule has 6 nitrogen and oxygen atoms in total. The van der Waals surface area contributed by atoms with E-state index in [1.54, 1.807) is 34.6 Å². The van der Waals surface area contributed by atoms with Gasteiger partial charge in [0.1, 0.15) is 29.3 Å². The molecule has 3 aromatic rings. The van der Waals surface area contributed by atoms with Crippen molar-refractivity contribution >= 4 is 16.9 Å². The molecule has 1 unspecified atom stereocenters. The number of ether oxygens (including phenoxy) is 2. The van der Waals surface area contributed by atoms with Gasteiger partial charge < -0.3 is 25.4 Å². The minimum Gasteiger partial charge on any atom is -0.489 e. The van der Waals surface area contributed by atoms with Crippen LogP contribution in [0.15, 0.2) is 52.9 Å². The molecule has 0 aliphatic rings. The molecule has 6 heteroatoms. The molecule has 0 saturated carbocycles. The molecular weight excluding hydrogens is 416 g/mol. The summed E-state index contributed by atoms with van der Waals surface area (Å²) >= 11 is 0. The Hall–Kier alpha value is -2.83. The van der Waals surface area contributed by atoms with Crippen LogP contribution in [0, 0.1) is 5.41 Å². The van der Waals surface area contributed by atoms with Crippen molar-refractivity contribution in [2.24, 2.45) is 16.9 Å². The van der Waals surface area contributed by atoms with Crippen molar-refractivity contribution in [2.45, 2.75) is 59.1 Å². The van der Waals surface area contributed by atoms with Crippen molar-refractivity contribution in [1.82, 2.24) is 0 Å². The summed E-state index contributed by atoms with van der Waals surface area (Å²) in [6.45, 7) is 11.3. The van der Waals surface area contributed by atoms with Crippen LogP contribution < -0.4 is 16.2 Å². The summed E-state index contributed by atoms with van der Waals surface area (Å²) in [5, 5.41) is 0.998. The van der Waals surface area contributed by atoms with Crippen molar-refractivity contribution in [3.63, 3.8) is 0 Å². The fourth-order valence-electron chi connectivity index (χ4n) is 3.56. The zero-order valence-electron chi connectivity index (χ0n) is 20.5. The van der Waals surface area contributed by atoms with E-state index >= 15 is 0 Å². The lowest BCUT2D eigenvalue weighted by Crippen LogP contribution is -2.59. The number of esters is 1. The van der Waals surface area contributed by atoms with Gasteiger partial charge in [-0.15, -0.1) is 0 Å². The number of fused-ring (bicyclic) bond motifs is 1. The van der Waals surface area contributed by atoms with Gasteiger partial charge in [-0.05, 0) is 64.8 Å². The van der Waals surface area contributed by atoms with Gasteiger partial charge in [0.2, 0.25) is 0 Å². The van der Waals surface area contributed by atoms with Gasteiger partial charge in [0, 0.05) is 29.1 Å². The Morgan fingerprint density at radius 2 is 1.73 bits per heavy atom. The molecule has 1 aromatic heterocycles. The highest BCUT2D eigenvalue weighted by atomic mass is 16.6. The zero-order valence-corrected chi connectivity index (χ0v) is 20.5. The Labute approximate surface area is 196 Å². The molecule has 0 radical (unpaired) electrons. The van der Waals surface area contributed by atoms with Gasteiger partial charge in [0.25, 0.3) is 0 Å². The maximum absolute atomic E-state index is 12.9. The van der Waals surface area contributed by atoms with Crippen molar-refractivity contribution in [2.75, 3.05) is 13.2 Å². The number of hydrogen-bond donors (Lipinski definition) is 2. The Bertz CT molecular complexity index is 1130. The molecule has 0 amide bonds. The number of hydrogen-bond acceptors (Lipinski definition) is 6. The third-order valence-electron chi connectivity index (χ3n) is 6.39. The van der Waals surface area contributed by atoms with Gasteiger partial charge in [-0.1, -0.05) is 31.2 Å². The van der Waals surface area contributed by atoms with E-state index in [0.717, 1.165) is 28.7 Å². The first-order valence-electron chi connectivity index (χ1n) is 11.4. The summed E-state index contributed by atoms with van der Waals surface area (Å²) in [5.74, 6) is 1.03. The smallest absolute Gasteiger partial charge is 0.315 e. The Morgan fingerprint density at radius 3 is 2.36 bits per heavy atom. The lowest BCUT2D eigenvalue weighted by molar-refractivity contribution is -0.173. The maximum Gasteiger partial charge on any atom is 0.315 e. The highest BCUT2D eigenvalue weighted by Gasteiger charge is 2.47. The van der Waals surface area contributed by atoms with Crippen LogP contribution in [-0.4, -0.2) is 30.3 Å². The lowest BCUT2D eigenvalue weighted by Gasteiger charge is -2.40. The zero-order chi connectivity index (χ0) is 24.4. The van der Waals surface area contributed by atoms with Crippen LogP contribution in [0.5, 0.6) is 5.75 Å². The van der Waals surface area contributed by atoms with Crippen LogP contribution >= 0.6 is 0 Å². The summed E-state index contributed by atoms with van der Waals surface area (Å²) in [5.41, 5.74) is 12.4. The number of rotatable bonds is 9. The van der Waals surface area contributed by atoms with Crippen LogP contribution in [0.3, 0.4) is 0 Å². The molecule has 2 aromatic carbocycles. The van der Waals surface area contributed by atoms with Gasteiger partial charge in [0.15, 0.2) is 0 Å². The van der Waals surface area contributed by atoms with Crippen molar-refractivity contribution in [1.29, 1.82) is 0 Å². The van der Waals surface area contributed by atoms with Gasteiger partial charge in [0.05, 0.1) is 5.41 Å².